The van der Waals surface area contributed by atoms with Crippen molar-refractivity contribution in [3.05, 3.63) is 60.0 Å². The van der Waals surface area contributed by atoms with Crippen LogP contribution in [0.15, 0.2) is 48.7 Å². The molecule has 1 aliphatic rings. The lowest BCUT2D eigenvalue weighted by Crippen LogP contribution is -2.49. The van der Waals surface area contributed by atoms with Crippen LogP contribution in [-0.2, 0) is 11.3 Å². The van der Waals surface area contributed by atoms with E-state index in [1.54, 1.807) is 19.4 Å². The van der Waals surface area contributed by atoms with Crippen LogP contribution in [0, 0.1) is 0 Å². The molecule has 35 heavy (non-hydrogen) atoms. The van der Waals surface area contributed by atoms with E-state index in [0.29, 0.717) is 48.6 Å². The van der Waals surface area contributed by atoms with Gasteiger partial charge in [0.05, 0.1) is 12.3 Å². The molecule has 0 unspecified atom stereocenters. The quantitative estimate of drug-likeness (QED) is 0.443. The Morgan fingerprint density at radius 1 is 1.14 bits per heavy atom. The maximum Gasteiger partial charge on any atom is 0.270 e. The van der Waals surface area contributed by atoms with Crippen LogP contribution in [0.4, 0.5) is 0 Å². The predicted octanol–water partition coefficient (Wildman–Crippen LogP) is 3.84. The topological polar surface area (TPSA) is 85.8 Å². The van der Waals surface area contributed by atoms with Gasteiger partial charge in [-0.05, 0) is 57.5 Å². The number of fused-ring (bicyclic) bond motifs is 1. The molecule has 1 amide bonds. The number of ether oxygens (including phenoxy) is 3. The maximum absolute atomic E-state index is 13.3. The fourth-order valence-electron chi connectivity index (χ4n) is 4.27. The monoisotopic (exact) mass is 478 g/mol. The molecule has 8 nitrogen and oxygen atoms in total. The van der Waals surface area contributed by atoms with E-state index in [1.807, 2.05) is 36.4 Å². The molecule has 3 heterocycles. The van der Waals surface area contributed by atoms with Gasteiger partial charge in [0.2, 0.25) is 0 Å². The summed E-state index contributed by atoms with van der Waals surface area (Å²) in [6.45, 7) is 7.37. The third-order valence-electron chi connectivity index (χ3n) is 6.16. The van der Waals surface area contributed by atoms with Crippen molar-refractivity contribution in [2.75, 3.05) is 33.4 Å². The van der Waals surface area contributed by atoms with E-state index in [9.17, 15) is 4.79 Å². The first-order valence-corrected chi connectivity index (χ1v) is 12.2. The Morgan fingerprint density at radius 3 is 2.80 bits per heavy atom. The van der Waals surface area contributed by atoms with E-state index in [2.05, 4.69) is 29.0 Å². The molecule has 8 heteroatoms. The van der Waals surface area contributed by atoms with Gasteiger partial charge >= 0.3 is 0 Å². The zero-order valence-corrected chi connectivity index (χ0v) is 20.7. The Balaban J connectivity index is 1.61. The van der Waals surface area contributed by atoms with Crippen molar-refractivity contribution in [1.29, 1.82) is 0 Å². The van der Waals surface area contributed by atoms with Crippen molar-refractivity contribution < 1.29 is 19.0 Å². The normalized spacial score (nSPS) is 16.4. The van der Waals surface area contributed by atoms with Crippen LogP contribution in [0.25, 0.3) is 10.9 Å². The number of rotatable bonds is 10. The van der Waals surface area contributed by atoms with Crippen molar-refractivity contribution in [3.63, 3.8) is 0 Å². The summed E-state index contributed by atoms with van der Waals surface area (Å²) in [5.41, 5.74) is 1.69. The molecule has 4 rings (SSSR count). The Kier molecular flexibility index (Phi) is 8.50. The summed E-state index contributed by atoms with van der Waals surface area (Å²) in [5, 5.41) is 3.96. The van der Waals surface area contributed by atoms with Crippen LogP contribution < -0.4 is 14.8 Å². The Hall–Kier alpha value is -3.23. The third-order valence-corrected chi connectivity index (χ3v) is 6.16. The highest BCUT2D eigenvalue weighted by molar-refractivity contribution is 5.98. The van der Waals surface area contributed by atoms with E-state index < -0.39 is 0 Å². The molecule has 0 saturated carbocycles. The Labute approximate surface area is 206 Å². The lowest BCUT2D eigenvalue weighted by atomic mass is 10.0. The lowest BCUT2D eigenvalue weighted by Gasteiger charge is -2.35. The molecule has 3 aromatic rings. The summed E-state index contributed by atoms with van der Waals surface area (Å²) in [5.74, 6) is 0.939. The van der Waals surface area contributed by atoms with Gasteiger partial charge in [-0.15, -0.1) is 0 Å². The van der Waals surface area contributed by atoms with Gasteiger partial charge < -0.3 is 19.5 Å². The van der Waals surface area contributed by atoms with Gasteiger partial charge in [-0.25, -0.2) is 4.98 Å². The predicted molar refractivity (Wildman–Crippen MR) is 135 cm³/mol. The van der Waals surface area contributed by atoms with Crippen molar-refractivity contribution >= 4 is 16.8 Å². The second-order valence-corrected chi connectivity index (χ2v) is 9.01. The summed E-state index contributed by atoms with van der Waals surface area (Å²) >= 11 is 0. The molecule has 1 atom stereocenters. The third kappa shape index (κ3) is 6.46. The molecule has 2 aromatic heterocycles. The molecular formula is C27H34N4O4. The molecule has 1 saturated heterocycles. The molecule has 1 fully saturated rings. The van der Waals surface area contributed by atoms with Crippen LogP contribution in [0.1, 0.15) is 42.9 Å². The van der Waals surface area contributed by atoms with Gasteiger partial charge in [0, 0.05) is 43.4 Å². The van der Waals surface area contributed by atoms with Gasteiger partial charge in [-0.1, -0.05) is 12.1 Å². The van der Waals surface area contributed by atoms with Crippen molar-refractivity contribution in [1.82, 2.24) is 20.2 Å². The number of hydrogen-bond donors (Lipinski definition) is 1. The number of nitrogens with one attached hydrogen (secondary N) is 1. The van der Waals surface area contributed by atoms with Gasteiger partial charge in [0.25, 0.3) is 5.91 Å². The summed E-state index contributed by atoms with van der Waals surface area (Å²) < 4.78 is 17.2. The largest absolute Gasteiger partial charge is 0.490 e. The van der Waals surface area contributed by atoms with Crippen LogP contribution in [0.5, 0.6) is 11.5 Å². The molecule has 186 valence electrons. The molecule has 0 bridgehead atoms. The first-order chi connectivity index (χ1) is 17.0. The molecule has 0 radical (unpaired) electrons. The van der Waals surface area contributed by atoms with Gasteiger partial charge in [0.1, 0.15) is 35.9 Å². The molecule has 1 aliphatic heterocycles. The fraction of sp³-hybridized carbons (Fsp3) is 0.444. The molecule has 1 aromatic carbocycles. The van der Waals surface area contributed by atoms with Crippen molar-refractivity contribution in [2.24, 2.45) is 0 Å². The number of nitrogens with zero attached hydrogens (tertiary/aromatic N) is 3. The second kappa shape index (κ2) is 12.0. The van der Waals surface area contributed by atoms with Crippen LogP contribution in [-0.4, -0.2) is 66.3 Å². The van der Waals surface area contributed by atoms with Crippen molar-refractivity contribution in [3.8, 4) is 11.5 Å². The van der Waals surface area contributed by atoms with E-state index in [-0.39, 0.29) is 11.9 Å². The number of benzene rings is 1. The van der Waals surface area contributed by atoms with E-state index in [0.717, 1.165) is 37.0 Å². The van der Waals surface area contributed by atoms with E-state index in [4.69, 9.17) is 19.2 Å². The average Bonchev–Trinajstić information content (AvgIpc) is 2.88. The fourth-order valence-corrected chi connectivity index (χ4v) is 4.27. The van der Waals surface area contributed by atoms with E-state index in [1.165, 1.54) is 0 Å². The molecule has 1 N–H and O–H groups in total. The Morgan fingerprint density at radius 2 is 2.03 bits per heavy atom. The number of aromatic nitrogens is 2. The van der Waals surface area contributed by atoms with Gasteiger partial charge in [-0.2, -0.15) is 0 Å². The summed E-state index contributed by atoms with van der Waals surface area (Å²) in [6.07, 6.45) is 3.75. The van der Waals surface area contributed by atoms with E-state index >= 15 is 0 Å². The maximum atomic E-state index is 13.3. The number of methoxy groups -OCH3 is 1. The summed E-state index contributed by atoms with van der Waals surface area (Å²) in [4.78, 5) is 24.7. The summed E-state index contributed by atoms with van der Waals surface area (Å²) in [7, 11) is 1.63. The van der Waals surface area contributed by atoms with Crippen LogP contribution >= 0.6 is 0 Å². The number of carbonyl (C=O) groups is 1. The zero-order valence-electron chi connectivity index (χ0n) is 20.7. The van der Waals surface area contributed by atoms with Crippen LogP contribution in [0.3, 0.4) is 0 Å². The number of para-hydroxylation sites is 1. The molecule has 0 spiro atoms. The average molecular weight is 479 g/mol. The number of piperidine rings is 1. The number of carbonyl (C=O) groups excluding carboxylic acids is 1. The van der Waals surface area contributed by atoms with Crippen LogP contribution in [0.2, 0.25) is 0 Å². The minimum absolute atomic E-state index is 0.0876. The Bertz CT molecular complexity index is 1120. The SMILES string of the molecule is COCCOc1cc(C(=O)N[C@@H]2CCCN(C(C)C)C2)nc2c(OCc3ccccn3)cccc12. The smallest absolute Gasteiger partial charge is 0.270 e. The highest BCUT2D eigenvalue weighted by Gasteiger charge is 2.24. The van der Waals surface area contributed by atoms with Crippen molar-refractivity contribution in [2.45, 2.75) is 45.4 Å². The first kappa shape index (κ1) is 24.9. The highest BCUT2D eigenvalue weighted by atomic mass is 16.5. The summed E-state index contributed by atoms with van der Waals surface area (Å²) in [6, 6.07) is 13.6. The zero-order chi connectivity index (χ0) is 24.6. The highest BCUT2D eigenvalue weighted by Crippen LogP contribution is 2.32. The molecule has 0 aliphatic carbocycles. The van der Waals surface area contributed by atoms with Gasteiger partial charge in [0.15, 0.2) is 0 Å². The first-order valence-electron chi connectivity index (χ1n) is 12.2. The standard InChI is InChI=1S/C27H34N4O4/c1-19(2)31-13-7-9-20(17-31)29-27(32)23-16-25(34-15-14-33-3)22-10-6-11-24(26(22)30-23)35-18-21-8-4-5-12-28-21/h4-6,8,10-12,16,19-20H,7,9,13-15,17-18H2,1-3H3,(H,29,32)/t20-/m1/s1. The second-order valence-electron chi connectivity index (χ2n) is 9.01. The number of amides is 1. The lowest BCUT2D eigenvalue weighted by molar-refractivity contribution is 0.0881. The van der Waals surface area contributed by atoms with Gasteiger partial charge in [-0.3, -0.25) is 14.7 Å². The molecular weight excluding hydrogens is 444 g/mol. The number of likely N-dealkylation sites (tertiary alicyclic amines) is 1. The number of pyridine rings is 2. The number of hydrogen-bond acceptors (Lipinski definition) is 7. The minimum atomic E-state index is -0.210. The minimum Gasteiger partial charge on any atom is -0.490 e.